The largest absolute Gasteiger partial charge is 0.398 e. The lowest BCUT2D eigenvalue weighted by Gasteiger charge is -2.18. The fraction of sp³-hybridized carbons (Fsp3) is 0.385. The monoisotopic (exact) mass is 280 g/mol. The van der Waals surface area contributed by atoms with Crippen LogP contribution in [0.15, 0.2) is 18.2 Å². The molecule has 1 aromatic rings. The summed E-state index contributed by atoms with van der Waals surface area (Å²) in [5, 5.41) is 28.6. The fourth-order valence-electron chi connectivity index (χ4n) is 1.56. The van der Waals surface area contributed by atoms with Crippen molar-refractivity contribution in [2.45, 2.75) is 25.6 Å². The molecule has 0 saturated carbocycles. The van der Waals surface area contributed by atoms with Crippen molar-refractivity contribution in [1.29, 1.82) is 5.26 Å². The van der Waals surface area contributed by atoms with Gasteiger partial charge in [-0.2, -0.15) is 5.26 Å². The van der Waals surface area contributed by atoms with E-state index in [2.05, 4.69) is 0 Å². The van der Waals surface area contributed by atoms with Crippen molar-refractivity contribution in [2.24, 2.45) is 0 Å². The summed E-state index contributed by atoms with van der Waals surface area (Å²) >= 11 is 1.10. The van der Waals surface area contributed by atoms with Gasteiger partial charge in [0.05, 0.1) is 11.7 Å². The van der Waals surface area contributed by atoms with Crippen molar-refractivity contribution in [2.75, 3.05) is 11.5 Å². The highest BCUT2D eigenvalue weighted by atomic mass is 32.2. The first kappa shape index (κ1) is 15.5. The molecule has 0 aromatic heterocycles. The number of thioether (sulfide) groups is 1. The number of benzene rings is 1. The molecule has 0 aliphatic heterocycles. The van der Waals surface area contributed by atoms with Gasteiger partial charge in [0, 0.05) is 18.4 Å². The Morgan fingerprint density at radius 3 is 2.79 bits per heavy atom. The number of carbonyl (C=O) groups excluding carboxylic acids is 1. The van der Waals surface area contributed by atoms with Gasteiger partial charge in [0.25, 0.3) is 0 Å². The fourth-order valence-corrected chi connectivity index (χ4v) is 2.20. The molecule has 1 aromatic carbocycles. The predicted octanol–water partition coefficient (Wildman–Crippen LogP) is 1.20. The van der Waals surface area contributed by atoms with Crippen LogP contribution in [0.2, 0.25) is 0 Å². The first-order valence-corrected chi connectivity index (χ1v) is 6.73. The van der Waals surface area contributed by atoms with E-state index in [9.17, 15) is 15.0 Å². The van der Waals surface area contributed by atoms with E-state index in [1.807, 2.05) is 6.07 Å². The molecule has 0 heterocycles. The van der Waals surface area contributed by atoms with Gasteiger partial charge in [-0.15, -0.1) is 0 Å². The number of aliphatic hydroxyl groups excluding tert-OH is 2. The maximum atomic E-state index is 10.8. The zero-order valence-electron chi connectivity index (χ0n) is 10.5. The van der Waals surface area contributed by atoms with Crippen LogP contribution in [0.3, 0.4) is 0 Å². The summed E-state index contributed by atoms with van der Waals surface area (Å²) in [5.74, 6) is 0.438. The van der Waals surface area contributed by atoms with Crippen molar-refractivity contribution in [3.05, 3.63) is 29.3 Å². The van der Waals surface area contributed by atoms with Gasteiger partial charge in [-0.1, -0.05) is 17.8 Å². The summed E-state index contributed by atoms with van der Waals surface area (Å²) in [6.07, 6.45) is -1.79. The maximum Gasteiger partial charge on any atom is 0.185 e. The number of hydrogen-bond acceptors (Lipinski definition) is 6. The van der Waals surface area contributed by atoms with E-state index in [0.29, 0.717) is 17.0 Å². The van der Waals surface area contributed by atoms with Crippen LogP contribution in [0.25, 0.3) is 0 Å². The van der Waals surface area contributed by atoms with Crippen LogP contribution in [0.4, 0.5) is 5.69 Å². The van der Waals surface area contributed by atoms with E-state index in [1.54, 1.807) is 6.07 Å². The molecule has 1 rings (SSSR count). The highest BCUT2D eigenvalue weighted by molar-refractivity contribution is 8.13. The first-order valence-electron chi connectivity index (χ1n) is 5.74. The topological polar surface area (TPSA) is 107 Å². The Kier molecular flexibility index (Phi) is 5.83. The normalized spacial score (nSPS) is 13.6. The Hall–Kier alpha value is -1.55. The van der Waals surface area contributed by atoms with Gasteiger partial charge < -0.3 is 15.9 Å². The summed E-state index contributed by atoms with van der Waals surface area (Å²) in [5.41, 5.74) is 6.62. The third-order valence-electron chi connectivity index (χ3n) is 2.62. The average molecular weight is 280 g/mol. The first-order chi connectivity index (χ1) is 8.95. The molecule has 102 valence electrons. The maximum absolute atomic E-state index is 10.8. The van der Waals surface area contributed by atoms with Crippen LogP contribution < -0.4 is 5.73 Å². The summed E-state index contributed by atoms with van der Waals surface area (Å²) < 4.78 is 0. The van der Waals surface area contributed by atoms with Gasteiger partial charge in [-0.3, -0.25) is 4.79 Å². The number of rotatable bonds is 5. The van der Waals surface area contributed by atoms with Crippen molar-refractivity contribution in [3.63, 3.8) is 0 Å². The number of nitrogens with zero attached hydrogens (tertiary/aromatic N) is 1. The van der Waals surface area contributed by atoms with E-state index in [4.69, 9.17) is 11.0 Å². The van der Waals surface area contributed by atoms with Crippen molar-refractivity contribution in [1.82, 2.24) is 0 Å². The van der Waals surface area contributed by atoms with Crippen LogP contribution in [-0.2, 0) is 4.79 Å². The number of hydrogen-bond donors (Lipinski definition) is 3. The molecule has 0 fully saturated rings. The second kappa shape index (κ2) is 7.14. The number of carbonyl (C=O) groups is 1. The number of anilines is 1. The standard InChI is InChI=1S/C13H16N2O3S/c1-8(16)19-5-4-12(17)13(18)9-2-3-11(15)10(6-9)7-14/h2-3,6,12-13,17-18H,4-5,15H2,1H3. The molecule has 0 saturated heterocycles. The molecule has 6 heteroatoms. The summed E-state index contributed by atoms with van der Waals surface area (Å²) in [7, 11) is 0. The predicted molar refractivity (Wildman–Crippen MR) is 74.3 cm³/mol. The van der Waals surface area contributed by atoms with E-state index in [1.165, 1.54) is 19.1 Å². The second-order valence-corrected chi connectivity index (χ2v) is 5.37. The quantitative estimate of drug-likeness (QED) is 0.700. The second-order valence-electron chi connectivity index (χ2n) is 4.10. The van der Waals surface area contributed by atoms with E-state index >= 15 is 0 Å². The number of nitrogens with two attached hydrogens (primary N) is 1. The zero-order valence-corrected chi connectivity index (χ0v) is 11.4. The summed E-state index contributed by atoms with van der Waals surface area (Å²) in [4.78, 5) is 10.8. The lowest BCUT2D eigenvalue weighted by molar-refractivity contribution is -0.109. The Morgan fingerprint density at radius 1 is 1.53 bits per heavy atom. The minimum absolute atomic E-state index is 0.0269. The molecule has 4 N–H and O–H groups in total. The zero-order chi connectivity index (χ0) is 14.4. The molecule has 2 unspecified atom stereocenters. The van der Waals surface area contributed by atoms with Crippen LogP contribution >= 0.6 is 11.8 Å². The molecule has 19 heavy (non-hydrogen) atoms. The lowest BCUT2D eigenvalue weighted by atomic mass is 10.00. The van der Waals surface area contributed by atoms with E-state index in [0.717, 1.165) is 11.8 Å². The molecule has 2 atom stereocenters. The summed E-state index contributed by atoms with van der Waals surface area (Å²) in [6, 6.07) is 6.47. The highest BCUT2D eigenvalue weighted by Crippen LogP contribution is 2.23. The Morgan fingerprint density at radius 2 is 2.21 bits per heavy atom. The van der Waals surface area contributed by atoms with Gasteiger partial charge in [-0.25, -0.2) is 0 Å². The van der Waals surface area contributed by atoms with Crippen LogP contribution in [0.1, 0.15) is 30.6 Å². The van der Waals surface area contributed by atoms with Crippen LogP contribution in [0, 0.1) is 11.3 Å². The van der Waals surface area contributed by atoms with E-state index in [-0.39, 0.29) is 17.1 Å². The minimum atomic E-state index is -1.10. The molecule has 0 aliphatic carbocycles. The number of nitriles is 1. The molecule has 0 amide bonds. The van der Waals surface area contributed by atoms with Crippen molar-refractivity contribution >= 4 is 22.6 Å². The average Bonchev–Trinajstić information content (AvgIpc) is 2.38. The lowest BCUT2D eigenvalue weighted by Crippen LogP contribution is -2.19. The van der Waals surface area contributed by atoms with Gasteiger partial charge in [-0.05, 0) is 24.1 Å². The Bertz CT molecular complexity index is 499. The smallest absolute Gasteiger partial charge is 0.185 e. The van der Waals surface area contributed by atoms with Crippen LogP contribution in [-0.4, -0.2) is 27.2 Å². The molecule has 0 radical (unpaired) electrons. The summed E-state index contributed by atoms with van der Waals surface area (Å²) in [6.45, 7) is 1.45. The Balaban J connectivity index is 2.69. The van der Waals surface area contributed by atoms with Gasteiger partial charge in [0.1, 0.15) is 12.2 Å². The number of nitrogen functional groups attached to an aromatic ring is 1. The third-order valence-corrected chi connectivity index (χ3v) is 3.47. The van der Waals surface area contributed by atoms with Crippen molar-refractivity contribution < 1.29 is 15.0 Å². The molecule has 0 bridgehead atoms. The third kappa shape index (κ3) is 4.56. The highest BCUT2D eigenvalue weighted by Gasteiger charge is 2.19. The minimum Gasteiger partial charge on any atom is -0.398 e. The molecule has 0 aliphatic rings. The van der Waals surface area contributed by atoms with Gasteiger partial charge >= 0.3 is 0 Å². The van der Waals surface area contributed by atoms with Gasteiger partial charge in [0.2, 0.25) is 0 Å². The number of aliphatic hydroxyl groups is 2. The van der Waals surface area contributed by atoms with E-state index < -0.39 is 12.2 Å². The molecule has 0 spiro atoms. The van der Waals surface area contributed by atoms with Crippen molar-refractivity contribution in [3.8, 4) is 6.07 Å². The molecule has 5 nitrogen and oxygen atoms in total. The van der Waals surface area contributed by atoms with Crippen LogP contribution in [0.5, 0.6) is 0 Å². The SMILES string of the molecule is CC(=O)SCCC(O)C(O)c1ccc(N)c(C#N)c1. The molecular weight excluding hydrogens is 264 g/mol. The molecular formula is C13H16N2O3S. The Labute approximate surface area is 116 Å². The van der Waals surface area contributed by atoms with Gasteiger partial charge in [0.15, 0.2) is 5.12 Å².